The Labute approximate surface area is 149 Å². The molecule has 0 saturated carbocycles. The van der Waals surface area contributed by atoms with E-state index in [1.54, 1.807) is 0 Å². The lowest BCUT2D eigenvalue weighted by molar-refractivity contribution is 0.0944. The fraction of sp³-hybridized carbons (Fsp3) is 0.500. The van der Waals surface area contributed by atoms with Crippen molar-refractivity contribution in [3.05, 3.63) is 46.8 Å². The summed E-state index contributed by atoms with van der Waals surface area (Å²) in [6.45, 7) is 7.72. The summed E-state index contributed by atoms with van der Waals surface area (Å²) >= 11 is 0. The van der Waals surface area contributed by atoms with Crippen molar-refractivity contribution in [2.45, 2.75) is 52.5 Å². The first-order chi connectivity index (χ1) is 12.1. The summed E-state index contributed by atoms with van der Waals surface area (Å²) in [5, 5.41) is 11.0. The van der Waals surface area contributed by atoms with Gasteiger partial charge in [-0.25, -0.2) is 4.68 Å². The Morgan fingerprint density at radius 3 is 2.68 bits per heavy atom. The Morgan fingerprint density at radius 1 is 1.24 bits per heavy atom. The van der Waals surface area contributed by atoms with Crippen LogP contribution in [0, 0.1) is 6.92 Å². The van der Waals surface area contributed by atoms with E-state index in [0.29, 0.717) is 12.2 Å². The van der Waals surface area contributed by atoms with Gasteiger partial charge in [0.2, 0.25) is 0 Å². The first-order valence-corrected chi connectivity index (χ1v) is 9.29. The van der Waals surface area contributed by atoms with Crippen LogP contribution in [0.15, 0.2) is 24.3 Å². The van der Waals surface area contributed by atoms with Gasteiger partial charge in [0.1, 0.15) is 0 Å². The van der Waals surface area contributed by atoms with E-state index in [2.05, 4.69) is 55.7 Å². The molecular formula is C20H28N4O. The predicted molar refractivity (Wildman–Crippen MR) is 100 cm³/mol. The summed E-state index contributed by atoms with van der Waals surface area (Å²) in [5.41, 5.74) is 5.17. The maximum atomic E-state index is 12.7. The molecule has 1 heterocycles. The molecule has 1 aromatic carbocycles. The van der Waals surface area contributed by atoms with Crippen LogP contribution < -0.4 is 10.6 Å². The Bertz CT molecular complexity index is 733. The van der Waals surface area contributed by atoms with E-state index in [0.717, 1.165) is 43.5 Å². The summed E-state index contributed by atoms with van der Waals surface area (Å²) < 4.78 is 1.97. The van der Waals surface area contributed by atoms with Crippen molar-refractivity contribution in [3.8, 4) is 5.69 Å². The first kappa shape index (κ1) is 17.7. The minimum absolute atomic E-state index is 0.0613. The summed E-state index contributed by atoms with van der Waals surface area (Å²) in [4.78, 5) is 12.7. The highest BCUT2D eigenvalue weighted by Gasteiger charge is 2.25. The molecule has 0 saturated heterocycles. The van der Waals surface area contributed by atoms with Gasteiger partial charge in [0.25, 0.3) is 5.91 Å². The van der Waals surface area contributed by atoms with E-state index in [9.17, 15) is 4.79 Å². The first-order valence-electron chi connectivity index (χ1n) is 9.29. The van der Waals surface area contributed by atoms with Crippen LogP contribution in [0.1, 0.15) is 54.0 Å². The number of benzene rings is 1. The van der Waals surface area contributed by atoms with E-state index in [4.69, 9.17) is 5.10 Å². The maximum Gasteiger partial charge on any atom is 0.272 e. The zero-order valence-corrected chi connectivity index (χ0v) is 15.4. The van der Waals surface area contributed by atoms with Gasteiger partial charge in [-0.1, -0.05) is 24.6 Å². The molecule has 1 aromatic heterocycles. The smallest absolute Gasteiger partial charge is 0.272 e. The Kier molecular flexibility index (Phi) is 5.53. The lowest BCUT2D eigenvalue weighted by Crippen LogP contribution is -2.39. The molecule has 0 aliphatic heterocycles. The van der Waals surface area contributed by atoms with E-state index >= 15 is 0 Å². The molecule has 0 fully saturated rings. The zero-order valence-electron chi connectivity index (χ0n) is 15.4. The van der Waals surface area contributed by atoms with Crippen LogP contribution in [0.2, 0.25) is 0 Å². The van der Waals surface area contributed by atoms with Gasteiger partial charge in [0.05, 0.1) is 5.69 Å². The van der Waals surface area contributed by atoms with Gasteiger partial charge in [0, 0.05) is 23.8 Å². The van der Waals surface area contributed by atoms with Crippen LogP contribution >= 0.6 is 0 Å². The summed E-state index contributed by atoms with van der Waals surface area (Å²) in [6.07, 6.45) is 4.20. The van der Waals surface area contributed by atoms with Gasteiger partial charge < -0.3 is 10.6 Å². The van der Waals surface area contributed by atoms with Crippen molar-refractivity contribution < 1.29 is 4.79 Å². The molecule has 25 heavy (non-hydrogen) atoms. The number of fused-ring (bicyclic) bond motifs is 1. The fourth-order valence-electron chi connectivity index (χ4n) is 3.43. The third-order valence-electron chi connectivity index (χ3n) is 4.80. The van der Waals surface area contributed by atoms with Crippen molar-refractivity contribution in [3.63, 3.8) is 0 Å². The number of carbonyl (C=O) groups excluding carboxylic acids is 1. The van der Waals surface area contributed by atoms with Gasteiger partial charge in [-0.15, -0.1) is 0 Å². The number of hydrogen-bond donors (Lipinski definition) is 2. The molecule has 1 amide bonds. The lowest BCUT2D eigenvalue weighted by atomic mass is 9.95. The Balaban J connectivity index is 1.87. The third kappa shape index (κ3) is 3.93. The molecule has 5 nitrogen and oxygen atoms in total. The zero-order chi connectivity index (χ0) is 17.8. The molecule has 1 aliphatic carbocycles. The van der Waals surface area contributed by atoms with Crippen molar-refractivity contribution in [1.82, 2.24) is 20.4 Å². The van der Waals surface area contributed by atoms with Crippen LogP contribution in [0.3, 0.4) is 0 Å². The predicted octanol–water partition coefficient (Wildman–Crippen LogP) is 2.79. The standard InChI is InChI=1S/C20H28N4O/c1-4-21-15(3)13-22-20(25)19-17-7-5-6-8-18(17)24(23-19)16-11-9-14(2)10-12-16/h9-12,15,21H,4-8,13H2,1-3H3,(H,22,25)/t15-/m1/s1. The van der Waals surface area contributed by atoms with Gasteiger partial charge in [-0.2, -0.15) is 5.10 Å². The molecular weight excluding hydrogens is 312 g/mol. The number of rotatable bonds is 6. The topological polar surface area (TPSA) is 58.9 Å². The molecule has 5 heteroatoms. The van der Waals surface area contributed by atoms with Crippen LogP contribution in [0.5, 0.6) is 0 Å². The summed E-state index contributed by atoms with van der Waals surface area (Å²) in [7, 11) is 0. The highest BCUT2D eigenvalue weighted by atomic mass is 16.2. The molecule has 0 spiro atoms. The molecule has 134 valence electrons. The van der Waals surface area contributed by atoms with Gasteiger partial charge in [-0.05, 0) is 58.2 Å². The second kappa shape index (κ2) is 7.83. The summed E-state index contributed by atoms with van der Waals surface area (Å²) in [6, 6.07) is 8.58. The van der Waals surface area contributed by atoms with Crippen LogP contribution in [-0.2, 0) is 12.8 Å². The van der Waals surface area contributed by atoms with Crippen molar-refractivity contribution in [1.29, 1.82) is 0 Å². The second-order valence-corrected chi connectivity index (χ2v) is 6.90. The fourth-order valence-corrected chi connectivity index (χ4v) is 3.43. The molecule has 0 bridgehead atoms. The number of carbonyl (C=O) groups is 1. The number of likely N-dealkylation sites (N-methyl/N-ethyl adjacent to an activating group) is 1. The third-order valence-corrected chi connectivity index (χ3v) is 4.80. The molecule has 0 radical (unpaired) electrons. The van der Waals surface area contributed by atoms with Crippen LogP contribution in [0.4, 0.5) is 0 Å². The highest BCUT2D eigenvalue weighted by molar-refractivity contribution is 5.94. The van der Waals surface area contributed by atoms with Crippen LogP contribution in [0.25, 0.3) is 5.69 Å². The van der Waals surface area contributed by atoms with Crippen LogP contribution in [-0.4, -0.2) is 34.8 Å². The molecule has 2 N–H and O–H groups in total. The van der Waals surface area contributed by atoms with Crippen molar-refractivity contribution in [2.75, 3.05) is 13.1 Å². The average Bonchev–Trinajstić information content (AvgIpc) is 3.00. The molecule has 3 rings (SSSR count). The number of nitrogens with zero attached hydrogens (tertiary/aromatic N) is 2. The number of hydrogen-bond acceptors (Lipinski definition) is 3. The minimum atomic E-state index is -0.0613. The largest absolute Gasteiger partial charge is 0.349 e. The average molecular weight is 340 g/mol. The van der Waals surface area contributed by atoms with E-state index in [-0.39, 0.29) is 11.9 Å². The molecule has 2 aromatic rings. The number of amides is 1. The Morgan fingerprint density at radius 2 is 1.96 bits per heavy atom. The molecule has 0 unspecified atom stereocenters. The van der Waals surface area contributed by atoms with Gasteiger partial charge in [-0.3, -0.25) is 4.79 Å². The monoisotopic (exact) mass is 340 g/mol. The van der Waals surface area contributed by atoms with E-state index in [1.807, 2.05) is 4.68 Å². The normalized spacial score (nSPS) is 14.8. The second-order valence-electron chi connectivity index (χ2n) is 6.90. The molecule has 1 atom stereocenters. The highest BCUT2D eigenvalue weighted by Crippen LogP contribution is 2.27. The van der Waals surface area contributed by atoms with Gasteiger partial charge >= 0.3 is 0 Å². The number of nitrogens with one attached hydrogen (secondary N) is 2. The lowest BCUT2D eigenvalue weighted by Gasteiger charge is -2.15. The van der Waals surface area contributed by atoms with E-state index < -0.39 is 0 Å². The van der Waals surface area contributed by atoms with Gasteiger partial charge in [0.15, 0.2) is 5.69 Å². The number of aromatic nitrogens is 2. The maximum absolute atomic E-state index is 12.7. The van der Waals surface area contributed by atoms with Crippen molar-refractivity contribution in [2.24, 2.45) is 0 Å². The quantitative estimate of drug-likeness (QED) is 0.850. The summed E-state index contributed by atoms with van der Waals surface area (Å²) in [5.74, 6) is -0.0613. The minimum Gasteiger partial charge on any atom is -0.349 e. The SMILES string of the molecule is CCN[C@H](C)CNC(=O)c1nn(-c2ccc(C)cc2)c2c1CCCC2. The Hall–Kier alpha value is -2.14. The van der Waals surface area contributed by atoms with E-state index in [1.165, 1.54) is 11.3 Å². The number of aryl methyl sites for hydroxylation is 1. The molecule has 1 aliphatic rings. The van der Waals surface area contributed by atoms with Crippen molar-refractivity contribution >= 4 is 5.91 Å².